The van der Waals surface area contributed by atoms with Gasteiger partial charge in [-0.2, -0.15) is 0 Å². The Morgan fingerprint density at radius 2 is 1.72 bits per heavy atom. The number of rotatable bonds is 7. The highest BCUT2D eigenvalue weighted by molar-refractivity contribution is 6.74. The maximum absolute atomic E-state index is 12.4. The van der Waals surface area contributed by atoms with Crippen molar-refractivity contribution in [2.24, 2.45) is 0 Å². The highest BCUT2D eigenvalue weighted by Crippen LogP contribution is 2.36. The molecule has 2 aromatic heterocycles. The van der Waals surface area contributed by atoms with Gasteiger partial charge in [0.05, 0.1) is 5.69 Å². The quantitative estimate of drug-likeness (QED) is 0.316. The van der Waals surface area contributed by atoms with Gasteiger partial charge in [-0.3, -0.25) is 4.57 Å². The minimum Gasteiger partial charge on any atom is -0.417 e. The smallest absolute Gasteiger partial charge is 0.417 e. The average Bonchev–Trinajstić information content (AvgIpc) is 2.98. The third kappa shape index (κ3) is 5.60. The van der Waals surface area contributed by atoms with Crippen molar-refractivity contribution in [3.05, 3.63) is 46.9 Å². The van der Waals surface area contributed by atoms with Gasteiger partial charge in [-0.25, -0.2) is 9.78 Å². The molecule has 0 fully saturated rings. The van der Waals surface area contributed by atoms with Gasteiger partial charge in [0.25, 0.3) is 0 Å². The average molecular weight is 469 g/mol. The number of ether oxygens (including phenoxy) is 1. The van der Waals surface area contributed by atoms with Crippen LogP contribution in [0.2, 0.25) is 18.1 Å². The SMILES string of the molecule is CC(C)(C)[Si](C)(C)OCCCn1c(=O)oc2ccc(-c3ccc(OC(F)(F)F)cc3)nc21. The van der Waals surface area contributed by atoms with Crippen molar-refractivity contribution in [2.75, 3.05) is 6.61 Å². The second kappa shape index (κ2) is 8.74. The molecule has 1 aromatic carbocycles. The van der Waals surface area contributed by atoms with Crippen LogP contribution in [0.4, 0.5) is 13.2 Å². The lowest BCUT2D eigenvalue weighted by Gasteiger charge is -2.36. The molecule has 0 saturated heterocycles. The lowest BCUT2D eigenvalue weighted by Crippen LogP contribution is -2.41. The van der Waals surface area contributed by atoms with Gasteiger partial charge in [-0.15, -0.1) is 13.2 Å². The second-order valence-electron chi connectivity index (χ2n) is 9.07. The van der Waals surface area contributed by atoms with Gasteiger partial charge in [-0.05, 0) is 61.0 Å². The molecule has 0 amide bonds. The van der Waals surface area contributed by atoms with Crippen molar-refractivity contribution in [3.8, 4) is 17.0 Å². The Morgan fingerprint density at radius 1 is 1.06 bits per heavy atom. The van der Waals surface area contributed by atoms with E-state index in [-0.39, 0.29) is 10.8 Å². The summed E-state index contributed by atoms with van der Waals surface area (Å²) in [6, 6.07) is 8.66. The number of aromatic nitrogens is 2. The van der Waals surface area contributed by atoms with E-state index >= 15 is 0 Å². The van der Waals surface area contributed by atoms with Crippen molar-refractivity contribution in [3.63, 3.8) is 0 Å². The molecule has 0 aliphatic heterocycles. The molecule has 2 heterocycles. The highest BCUT2D eigenvalue weighted by Gasteiger charge is 2.36. The third-order valence-electron chi connectivity index (χ3n) is 5.69. The van der Waals surface area contributed by atoms with Crippen LogP contribution in [0, 0.1) is 0 Å². The number of benzene rings is 1. The molecule has 6 nitrogen and oxygen atoms in total. The zero-order valence-corrected chi connectivity index (χ0v) is 19.7. The van der Waals surface area contributed by atoms with E-state index in [2.05, 4.69) is 43.6 Å². The van der Waals surface area contributed by atoms with Crippen LogP contribution in [0.15, 0.2) is 45.6 Å². The summed E-state index contributed by atoms with van der Waals surface area (Å²) in [4.78, 5) is 16.8. The molecule has 3 aromatic rings. The number of hydrogen-bond acceptors (Lipinski definition) is 5. The first kappa shape index (κ1) is 24.1. The predicted octanol–water partition coefficient (Wildman–Crippen LogP) is 5.97. The fourth-order valence-electron chi connectivity index (χ4n) is 2.90. The summed E-state index contributed by atoms with van der Waals surface area (Å²) >= 11 is 0. The Labute approximate surface area is 185 Å². The van der Waals surface area contributed by atoms with Crippen LogP contribution in [0.1, 0.15) is 27.2 Å². The first-order chi connectivity index (χ1) is 14.8. The highest BCUT2D eigenvalue weighted by atomic mass is 28.4. The van der Waals surface area contributed by atoms with Crippen molar-refractivity contribution < 1.29 is 26.8 Å². The molecule has 0 radical (unpaired) electrons. The number of nitrogens with zero attached hydrogens (tertiary/aromatic N) is 2. The van der Waals surface area contributed by atoms with Gasteiger partial charge in [0.2, 0.25) is 0 Å². The summed E-state index contributed by atoms with van der Waals surface area (Å²) in [6.45, 7) is 11.8. The maximum atomic E-state index is 12.4. The number of oxazole rings is 1. The molecule has 10 heteroatoms. The zero-order chi connectivity index (χ0) is 23.7. The van der Waals surface area contributed by atoms with Crippen LogP contribution in [0.25, 0.3) is 22.5 Å². The Balaban J connectivity index is 1.76. The summed E-state index contributed by atoms with van der Waals surface area (Å²) in [5.41, 5.74) is 1.82. The Morgan fingerprint density at radius 3 is 2.31 bits per heavy atom. The molecular weight excluding hydrogens is 441 g/mol. The Hall–Kier alpha value is -2.59. The summed E-state index contributed by atoms with van der Waals surface area (Å²) in [5, 5.41) is 0.101. The number of pyridine rings is 1. The largest absolute Gasteiger partial charge is 0.573 e. The standard InChI is InChI=1S/C22H27F3N2O4Si/c1-21(2,3)32(4,5)29-14-6-13-27-19-18(30-20(27)28)12-11-17(26-19)15-7-9-16(10-8-15)31-22(23,24)25/h7-12H,6,13-14H2,1-5H3. The lowest BCUT2D eigenvalue weighted by molar-refractivity contribution is -0.274. The monoisotopic (exact) mass is 468 g/mol. The lowest BCUT2D eigenvalue weighted by atomic mass is 10.1. The van der Waals surface area contributed by atoms with E-state index in [1.165, 1.54) is 28.8 Å². The van der Waals surface area contributed by atoms with Crippen LogP contribution < -0.4 is 10.5 Å². The van der Waals surface area contributed by atoms with Crippen LogP contribution in [0.3, 0.4) is 0 Å². The van der Waals surface area contributed by atoms with Gasteiger partial charge >= 0.3 is 12.1 Å². The maximum Gasteiger partial charge on any atom is 0.573 e. The molecule has 0 aliphatic rings. The first-order valence-electron chi connectivity index (χ1n) is 10.3. The number of fused-ring (bicyclic) bond motifs is 1. The first-order valence-corrected chi connectivity index (χ1v) is 13.2. The molecule has 0 bridgehead atoms. The van der Waals surface area contributed by atoms with E-state index in [1.807, 2.05) is 0 Å². The van der Waals surface area contributed by atoms with E-state index in [0.29, 0.717) is 42.1 Å². The summed E-state index contributed by atoms with van der Waals surface area (Å²) in [6.07, 6.45) is -4.13. The van der Waals surface area contributed by atoms with Gasteiger partial charge in [0, 0.05) is 18.7 Å². The van der Waals surface area contributed by atoms with Crippen molar-refractivity contribution in [1.82, 2.24) is 9.55 Å². The summed E-state index contributed by atoms with van der Waals surface area (Å²) in [5.74, 6) is -0.824. The third-order valence-corrected chi connectivity index (χ3v) is 10.2. The van der Waals surface area contributed by atoms with Crippen molar-refractivity contribution in [2.45, 2.75) is 58.2 Å². The van der Waals surface area contributed by atoms with Crippen molar-refractivity contribution in [1.29, 1.82) is 0 Å². The minimum absolute atomic E-state index is 0.101. The molecule has 0 aliphatic carbocycles. The van der Waals surface area contributed by atoms with Crippen molar-refractivity contribution >= 4 is 19.5 Å². The van der Waals surface area contributed by atoms with Gasteiger partial charge in [0.1, 0.15) is 5.75 Å². The summed E-state index contributed by atoms with van der Waals surface area (Å²) < 4.78 is 53.9. The number of alkyl halides is 3. The molecule has 32 heavy (non-hydrogen) atoms. The molecule has 0 saturated carbocycles. The van der Waals surface area contributed by atoms with E-state index < -0.39 is 20.4 Å². The molecule has 0 N–H and O–H groups in total. The van der Waals surface area contributed by atoms with E-state index in [4.69, 9.17) is 8.84 Å². The number of aryl methyl sites for hydroxylation is 1. The number of halogens is 3. The molecule has 174 valence electrons. The fraction of sp³-hybridized carbons (Fsp3) is 0.455. The van der Waals surface area contributed by atoms with Gasteiger partial charge in [-0.1, -0.05) is 20.8 Å². The van der Waals surface area contributed by atoms with Gasteiger partial charge in [0.15, 0.2) is 19.5 Å². The Kier molecular flexibility index (Phi) is 6.57. The Bertz CT molecular complexity index is 1130. The zero-order valence-electron chi connectivity index (χ0n) is 18.7. The summed E-state index contributed by atoms with van der Waals surface area (Å²) in [7, 11) is -1.87. The van der Waals surface area contributed by atoms with Crippen LogP contribution in [0.5, 0.6) is 5.75 Å². The van der Waals surface area contributed by atoms with Crippen LogP contribution in [-0.4, -0.2) is 30.8 Å². The van der Waals surface area contributed by atoms with E-state index in [1.54, 1.807) is 12.1 Å². The van der Waals surface area contributed by atoms with Gasteiger partial charge < -0.3 is 13.6 Å². The van der Waals surface area contributed by atoms with E-state index in [9.17, 15) is 18.0 Å². The minimum atomic E-state index is -4.75. The predicted molar refractivity (Wildman–Crippen MR) is 118 cm³/mol. The fourth-order valence-corrected chi connectivity index (χ4v) is 3.98. The molecule has 0 unspecified atom stereocenters. The normalized spacial score (nSPS) is 13.0. The molecular formula is C22H27F3N2O4Si. The molecule has 0 atom stereocenters. The second-order valence-corrected chi connectivity index (χ2v) is 13.9. The molecule has 0 spiro atoms. The van der Waals surface area contributed by atoms with Crippen LogP contribution >= 0.6 is 0 Å². The van der Waals surface area contributed by atoms with E-state index in [0.717, 1.165) is 0 Å². The van der Waals surface area contributed by atoms with Crippen LogP contribution in [-0.2, 0) is 11.0 Å². The topological polar surface area (TPSA) is 66.5 Å². The number of hydrogen-bond donors (Lipinski definition) is 0. The molecule has 3 rings (SSSR count).